The highest BCUT2D eigenvalue weighted by molar-refractivity contribution is 7.89. The molecule has 1 spiro atoms. The topological polar surface area (TPSA) is 81.2 Å². The number of hydrogen-bond acceptors (Lipinski definition) is 5. The summed E-state index contributed by atoms with van der Waals surface area (Å²) in [6.07, 6.45) is 4.03. The molecule has 1 aromatic rings. The minimum absolute atomic E-state index is 0.00380. The van der Waals surface area contributed by atoms with Gasteiger partial charge in [0.2, 0.25) is 21.8 Å². The molecule has 9 heteroatoms. The Morgan fingerprint density at radius 1 is 1.00 bits per heavy atom. The first-order valence-electron chi connectivity index (χ1n) is 11.2. The zero-order chi connectivity index (χ0) is 22.1. The molecule has 0 aromatic heterocycles. The quantitative estimate of drug-likeness (QED) is 0.682. The van der Waals surface area contributed by atoms with Gasteiger partial charge < -0.3 is 14.7 Å². The van der Waals surface area contributed by atoms with Crippen molar-refractivity contribution in [3.63, 3.8) is 0 Å². The standard InChI is InChI=1S/C22H32N4O4S/c1-2-31(29,30)25-15-11-22(12-16-25)21(28)24(17-20(27)23-13-7-4-8-14-23)18-26(22)19-9-5-3-6-10-19/h3,5-6,9-10H,2,4,7-8,11-18H2,1H3. The number of hydrogen-bond donors (Lipinski definition) is 0. The van der Waals surface area contributed by atoms with Gasteiger partial charge in [0.25, 0.3) is 0 Å². The van der Waals surface area contributed by atoms with Gasteiger partial charge >= 0.3 is 0 Å². The Morgan fingerprint density at radius 2 is 1.65 bits per heavy atom. The Kier molecular flexibility index (Phi) is 6.25. The average Bonchev–Trinajstić information content (AvgIpc) is 3.06. The molecule has 31 heavy (non-hydrogen) atoms. The fourth-order valence-electron chi connectivity index (χ4n) is 5.05. The van der Waals surface area contributed by atoms with Crippen LogP contribution in [0.5, 0.6) is 0 Å². The van der Waals surface area contributed by atoms with Crippen molar-refractivity contribution in [1.29, 1.82) is 0 Å². The van der Waals surface area contributed by atoms with Crippen molar-refractivity contribution in [1.82, 2.24) is 14.1 Å². The van der Waals surface area contributed by atoms with E-state index in [1.54, 1.807) is 11.8 Å². The molecule has 3 saturated heterocycles. The van der Waals surface area contributed by atoms with E-state index < -0.39 is 15.6 Å². The van der Waals surface area contributed by atoms with Gasteiger partial charge in [-0.15, -0.1) is 0 Å². The van der Waals surface area contributed by atoms with Crippen molar-refractivity contribution < 1.29 is 18.0 Å². The summed E-state index contributed by atoms with van der Waals surface area (Å²) < 4.78 is 26.2. The summed E-state index contributed by atoms with van der Waals surface area (Å²) in [5, 5.41) is 0. The third-order valence-electron chi connectivity index (χ3n) is 6.92. The van der Waals surface area contributed by atoms with Crippen molar-refractivity contribution >= 4 is 27.5 Å². The molecule has 3 aliphatic rings. The fraction of sp³-hybridized carbons (Fsp3) is 0.636. The van der Waals surface area contributed by atoms with Gasteiger partial charge in [0.05, 0.1) is 12.4 Å². The number of carbonyl (C=O) groups excluding carboxylic acids is 2. The van der Waals surface area contributed by atoms with E-state index >= 15 is 0 Å². The molecule has 2 amide bonds. The Balaban J connectivity index is 1.56. The van der Waals surface area contributed by atoms with Crippen molar-refractivity contribution in [2.45, 2.75) is 44.6 Å². The van der Waals surface area contributed by atoms with Crippen molar-refractivity contribution in [3.8, 4) is 0 Å². The number of carbonyl (C=O) groups is 2. The molecule has 0 bridgehead atoms. The predicted octanol–water partition coefficient (Wildman–Crippen LogP) is 1.49. The molecule has 3 fully saturated rings. The van der Waals surface area contributed by atoms with E-state index in [4.69, 9.17) is 0 Å². The van der Waals surface area contributed by atoms with Gasteiger partial charge in [-0.3, -0.25) is 9.59 Å². The van der Waals surface area contributed by atoms with Crippen LogP contribution in [0.3, 0.4) is 0 Å². The second-order valence-electron chi connectivity index (χ2n) is 8.68. The van der Waals surface area contributed by atoms with Crippen LogP contribution in [0.2, 0.25) is 0 Å². The summed E-state index contributed by atoms with van der Waals surface area (Å²) in [5.74, 6) is 0.00617. The van der Waals surface area contributed by atoms with Crippen LogP contribution >= 0.6 is 0 Å². The van der Waals surface area contributed by atoms with Crippen LogP contribution < -0.4 is 4.90 Å². The summed E-state index contributed by atoms with van der Waals surface area (Å²) in [4.78, 5) is 32.1. The van der Waals surface area contributed by atoms with E-state index in [0.717, 1.165) is 38.0 Å². The lowest BCUT2D eigenvalue weighted by Gasteiger charge is -2.42. The lowest BCUT2D eigenvalue weighted by Crippen LogP contribution is -2.57. The summed E-state index contributed by atoms with van der Waals surface area (Å²) in [5.41, 5.74) is 0.124. The van der Waals surface area contributed by atoms with Crippen LogP contribution in [0.1, 0.15) is 39.0 Å². The minimum Gasteiger partial charge on any atom is -0.341 e. The Morgan fingerprint density at radius 3 is 2.26 bits per heavy atom. The summed E-state index contributed by atoms with van der Waals surface area (Å²) >= 11 is 0. The molecule has 0 unspecified atom stereocenters. The molecule has 1 aromatic carbocycles. The van der Waals surface area contributed by atoms with Gasteiger partial charge in [-0.25, -0.2) is 12.7 Å². The van der Waals surface area contributed by atoms with E-state index in [-0.39, 0.29) is 24.1 Å². The number of piperidine rings is 2. The van der Waals surface area contributed by atoms with Crippen LogP contribution in [-0.2, 0) is 19.6 Å². The largest absolute Gasteiger partial charge is 0.341 e. The van der Waals surface area contributed by atoms with Crippen molar-refractivity contribution in [3.05, 3.63) is 30.3 Å². The number of anilines is 1. The molecule has 0 atom stereocenters. The first-order chi connectivity index (χ1) is 14.9. The monoisotopic (exact) mass is 448 g/mol. The molecule has 0 aliphatic carbocycles. The predicted molar refractivity (Wildman–Crippen MR) is 119 cm³/mol. The van der Waals surface area contributed by atoms with Crippen LogP contribution in [0.4, 0.5) is 5.69 Å². The highest BCUT2D eigenvalue weighted by Gasteiger charge is 2.54. The van der Waals surface area contributed by atoms with E-state index in [1.807, 2.05) is 35.2 Å². The van der Waals surface area contributed by atoms with E-state index in [1.165, 1.54) is 4.31 Å². The smallest absolute Gasteiger partial charge is 0.250 e. The normalized spacial score (nSPS) is 22.4. The molecule has 0 N–H and O–H groups in total. The first kappa shape index (κ1) is 22.1. The summed E-state index contributed by atoms with van der Waals surface area (Å²) in [6, 6.07) is 9.75. The number of amides is 2. The van der Waals surface area contributed by atoms with Gasteiger partial charge in [0, 0.05) is 31.9 Å². The number of rotatable bonds is 5. The second-order valence-corrected chi connectivity index (χ2v) is 10.9. The third-order valence-corrected chi connectivity index (χ3v) is 8.81. The average molecular weight is 449 g/mol. The van der Waals surface area contributed by atoms with E-state index in [9.17, 15) is 18.0 Å². The SMILES string of the molecule is CCS(=O)(=O)N1CCC2(CC1)C(=O)N(CC(=O)N1CCCCC1)CN2c1ccccc1. The Labute approximate surface area is 184 Å². The van der Waals surface area contributed by atoms with Gasteiger partial charge in [-0.2, -0.15) is 0 Å². The second kappa shape index (κ2) is 8.78. The first-order valence-corrected chi connectivity index (χ1v) is 12.9. The van der Waals surface area contributed by atoms with Crippen LogP contribution in [-0.4, -0.2) is 85.0 Å². The molecule has 4 rings (SSSR count). The van der Waals surface area contributed by atoms with Crippen LogP contribution in [0.25, 0.3) is 0 Å². The number of sulfonamides is 1. The molecule has 8 nitrogen and oxygen atoms in total. The molecule has 3 heterocycles. The number of nitrogens with zero attached hydrogens (tertiary/aromatic N) is 4. The lowest BCUT2D eigenvalue weighted by atomic mass is 9.86. The van der Waals surface area contributed by atoms with Crippen molar-refractivity contribution in [2.75, 3.05) is 50.0 Å². The van der Waals surface area contributed by atoms with Crippen molar-refractivity contribution in [2.24, 2.45) is 0 Å². The maximum atomic E-state index is 13.7. The molecular weight excluding hydrogens is 416 g/mol. The summed E-state index contributed by atoms with van der Waals surface area (Å²) in [7, 11) is -3.28. The molecule has 0 saturated carbocycles. The highest BCUT2D eigenvalue weighted by Crippen LogP contribution is 2.40. The summed E-state index contributed by atoms with van der Waals surface area (Å²) in [6.45, 7) is 4.24. The van der Waals surface area contributed by atoms with E-state index in [2.05, 4.69) is 4.90 Å². The van der Waals surface area contributed by atoms with Crippen LogP contribution in [0.15, 0.2) is 30.3 Å². The third kappa shape index (κ3) is 4.17. The van der Waals surface area contributed by atoms with Gasteiger partial charge in [0.15, 0.2) is 0 Å². The molecule has 0 radical (unpaired) electrons. The van der Waals surface area contributed by atoms with E-state index in [0.29, 0.717) is 32.6 Å². The maximum absolute atomic E-state index is 13.7. The molecular formula is C22H32N4O4S. The maximum Gasteiger partial charge on any atom is 0.250 e. The number of benzene rings is 1. The molecule has 170 valence electrons. The van der Waals surface area contributed by atoms with Gasteiger partial charge in [-0.05, 0) is 51.2 Å². The highest BCUT2D eigenvalue weighted by atomic mass is 32.2. The lowest BCUT2D eigenvalue weighted by molar-refractivity contribution is -0.141. The molecule has 3 aliphatic heterocycles. The zero-order valence-corrected chi connectivity index (χ0v) is 19.0. The Bertz CT molecular complexity index is 907. The van der Waals surface area contributed by atoms with Crippen LogP contribution in [0, 0.1) is 0 Å². The zero-order valence-electron chi connectivity index (χ0n) is 18.2. The van der Waals surface area contributed by atoms with Gasteiger partial charge in [0.1, 0.15) is 12.1 Å². The fourth-order valence-corrected chi connectivity index (χ4v) is 6.15. The Hall–Kier alpha value is -2.13. The number of para-hydroxylation sites is 1. The minimum atomic E-state index is -3.28. The van der Waals surface area contributed by atoms with Gasteiger partial charge in [-0.1, -0.05) is 18.2 Å². The number of likely N-dealkylation sites (tertiary alicyclic amines) is 1.